The van der Waals surface area contributed by atoms with E-state index in [-0.39, 0.29) is 11.0 Å². The fourth-order valence-corrected chi connectivity index (χ4v) is 3.15. The van der Waals surface area contributed by atoms with Gasteiger partial charge < -0.3 is 15.0 Å². The molecule has 2 aliphatic rings. The number of hydrogen-bond acceptors (Lipinski definition) is 3. The second-order valence-corrected chi connectivity index (χ2v) is 6.21. The molecule has 4 heteroatoms. The number of carbonyl (C=O) groups is 1. The number of morpholine rings is 1. The van der Waals surface area contributed by atoms with Gasteiger partial charge in [-0.15, -0.1) is 0 Å². The molecule has 1 amide bonds. The number of rotatable bonds is 2. The quantitative estimate of drug-likeness (QED) is 0.810. The minimum absolute atomic E-state index is 0.139. The molecule has 0 aromatic heterocycles. The number of nitrogens with one attached hydrogen (secondary N) is 1. The first-order chi connectivity index (χ1) is 8.52. The van der Waals surface area contributed by atoms with E-state index in [9.17, 15) is 4.79 Å². The second kappa shape index (κ2) is 5.17. The Morgan fingerprint density at radius 3 is 2.56 bits per heavy atom. The van der Waals surface area contributed by atoms with Crippen LogP contribution >= 0.6 is 0 Å². The maximum Gasteiger partial charge on any atom is 0.229 e. The van der Waals surface area contributed by atoms with Crippen LogP contribution in [0.4, 0.5) is 0 Å². The molecule has 2 saturated heterocycles. The zero-order chi connectivity index (χ0) is 13.2. The third-order valence-electron chi connectivity index (χ3n) is 4.58. The van der Waals surface area contributed by atoms with Gasteiger partial charge in [-0.2, -0.15) is 0 Å². The van der Waals surface area contributed by atoms with Crippen molar-refractivity contribution in [3.8, 4) is 0 Å². The fraction of sp³-hybridized carbons (Fsp3) is 0.929. The molecule has 0 saturated carbocycles. The molecule has 4 nitrogen and oxygen atoms in total. The molecule has 2 rings (SSSR count). The Morgan fingerprint density at radius 2 is 2.00 bits per heavy atom. The normalized spacial score (nSPS) is 26.9. The largest absolute Gasteiger partial charge is 0.377 e. The van der Waals surface area contributed by atoms with Crippen LogP contribution in [0.3, 0.4) is 0 Å². The summed E-state index contributed by atoms with van der Waals surface area (Å²) in [5.41, 5.74) is -0.303. The third-order valence-corrected chi connectivity index (χ3v) is 4.58. The first-order valence-electron chi connectivity index (χ1n) is 7.12. The van der Waals surface area contributed by atoms with E-state index in [2.05, 4.69) is 31.0 Å². The topological polar surface area (TPSA) is 41.6 Å². The lowest BCUT2D eigenvalue weighted by atomic mass is 9.74. The summed E-state index contributed by atoms with van der Waals surface area (Å²) in [5, 5.41) is 3.36. The van der Waals surface area contributed by atoms with Crippen LogP contribution in [0.25, 0.3) is 0 Å². The Labute approximate surface area is 110 Å². The molecular formula is C14H26N2O2. The zero-order valence-electron chi connectivity index (χ0n) is 11.9. The number of hydrogen-bond donors (Lipinski definition) is 1. The number of nitrogens with zero attached hydrogens (tertiary/aromatic N) is 1. The summed E-state index contributed by atoms with van der Waals surface area (Å²) in [7, 11) is 0. The van der Waals surface area contributed by atoms with Gasteiger partial charge in [0.25, 0.3) is 0 Å². The average Bonchev–Trinajstić information content (AvgIpc) is 2.38. The summed E-state index contributed by atoms with van der Waals surface area (Å²) in [6, 6.07) is 0. The number of carbonyl (C=O) groups excluding carboxylic acids is 1. The zero-order valence-corrected chi connectivity index (χ0v) is 11.9. The monoisotopic (exact) mass is 254 g/mol. The van der Waals surface area contributed by atoms with Crippen LogP contribution in [0.5, 0.6) is 0 Å². The van der Waals surface area contributed by atoms with E-state index in [0.717, 1.165) is 38.9 Å². The summed E-state index contributed by atoms with van der Waals surface area (Å²) in [6.07, 6.45) is 2.88. The van der Waals surface area contributed by atoms with E-state index in [1.54, 1.807) is 0 Å². The van der Waals surface area contributed by atoms with Gasteiger partial charge in [0.1, 0.15) is 0 Å². The van der Waals surface area contributed by atoms with Crippen molar-refractivity contribution in [2.24, 2.45) is 5.41 Å². The van der Waals surface area contributed by atoms with Gasteiger partial charge in [0.15, 0.2) is 0 Å². The van der Waals surface area contributed by atoms with E-state index < -0.39 is 0 Å². The van der Waals surface area contributed by atoms with Crippen molar-refractivity contribution in [3.63, 3.8) is 0 Å². The summed E-state index contributed by atoms with van der Waals surface area (Å²) in [4.78, 5) is 15.0. The van der Waals surface area contributed by atoms with Crippen LogP contribution in [0.1, 0.15) is 40.0 Å². The minimum atomic E-state index is -0.164. The molecule has 1 N–H and O–H groups in total. The van der Waals surface area contributed by atoms with E-state index in [1.165, 1.54) is 0 Å². The Morgan fingerprint density at radius 1 is 1.33 bits per heavy atom. The maximum absolute atomic E-state index is 13.0. The molecule has 18 heavy (non-hydrogen) atoms. The van der Waals surface area contributed by atoms with E-state index >= 15 is 0 Å². The van der Waals surface area contributed by atoms with Gasteiger partial charge in [0, 0.05) is 6.54 Å². The lowest BCUT2D eigenvalue weighted by Gasteiger charge is -2.48. The van der Waals surface area contributed by atoms with Gasteiger partial charge in [-0.1, -0.05) is 6.92 Å². The summed E-state index contributed by atoms with van der Waals surface area (Å²) in [5.74, 6) is 0.347. The fourth-order valence-electron chi connectivity index (χ4n) is 3.15. The van der Waals surface area contributed by atoms with Crippen LogP contribution in [0, 0.1) is 5.41 Å². The first kappa shape index (κ1) is 13.8. The molecule has 0 atom stereocenters. The number of piperidine rings is 1. The average molecular weight is 254 g/mol. The highest BCUT2D eigenvalue weighted by atomic mass is 16.5. The lowest BCUT2D eigenvalue weighted by molar-refractivity contribution is -0.159. The molecule has 0 aromatic carbocycles. The van der Waals surface area contributed by atoms with Crippen molar-refractivity contribution in [3.05, 3.63) is 0 Å². The smallest absolute Gasteiger partial charge is 0.229 e. The van der Waals surface area contributed by atoms with Crippen molar-refractivity contribution in [1.82, 2.24) is 10.2 Å². The van der Waals surface area contributed by atoms with Crippen LogP contribution in [0.2, 0.25) is 0 Å². The Hall–Kier alpha value is -0.610. The first-order valence-corrected chi connectivity index (χ1v) is 7.12. The van der Waals surface area contributed by atoms with Gasteiger partial charge in [0.2, 0.25) is 5.91 Å². The molecule has 2 heterocycles. The van der Waals surface area contributed by atoms with Crippen molar-refractivity contribution in [1.29, 1.82) is 0 Å². The minimum Gasteiger partial charge on any atom is -0.377 e. The van der Waals surface area contributed by atoms with Gasteiger partial charge in [0.05, 0.1) is 24.2 Å². The molecule has 2 fully saturated rings. The summed E-state index contributed by atoms with van der Waals surface area (Å²) < 4.78 is 5.51. The molecule has 0 bridgehead atoms. The predicted molar refractivity (Wildman–Crippen MR) is 71.4 cm³/mol. The number of ether oxygens (including phenoxy) is 1. The molecule has 0 spiro atoms. The second-order valence-electron chi connectivity index (χ2n) is 6.21. The van der Waals surface area contributed by atoms with Crippen molar-refractivity contribution >= 4 is 5.91 Å². The molecule has 104 valence electrons. The maximum atomic E-state index is 13.0. The lowest BCUT2D eigenvalue weighted by Crippen LogP contribution is -2.60. The van der Waals surface area contributed by atoms with Gasteiger partial charge in [-0.3, -0.25) is 4.79 Å². The standard InChI is InChI=1S/C14H26N2O2/c1-4-14(5-7-15-8-6-14)12(17)16-9-10-18-11-13(16,2)3/h15H,4-11H2,1-3H3. The Balaban J connectivity index is 2.17. The SMILES string of the molecule is CCC1(C(=O)N2CCOCC2(C)C)CCNCC1. The highest BCUT2D eigenvalue weighted by Crippen LogP contribution is 2.37. The Kier molecular flexibility index (Phi) is 3.97. The number of amides is 1. The van der Waals surface area contributed by atoms with Crippen molar-refractivity contribution in [2.45, 2.75) is 45.6 Å². The highest BCUT2D eigenvalue weighted by molar-refractivity contribution is 5.83. The van der Waals surface area contributed by atoms with Crippen LogP contribution in [-0.2, 0) is 9.53 Å². The van der Waals surface area contributed by atoms with E-state index in [1.807, 2.05) is 0 Å². The van der Waals surface area contributed by atoms with Crippen molar-refractivity contribution < 1.29 is 9.53 Å². The predicted octanol–water partition coefficient (Wildman–Crippen LogP) is 1.40. The summed E-state index contributed by atoms with van der Waals surface area (Å²) in [6.45, 7) is 10.3. The molecule has 0 aliphatic carbocycles. The van der Waals surface area contributed by atoms with E-state index in [4.69, 9.17) is 4.74 Å². The summed E-state index contributed by atoms with van der Waals surface area (Å²) >= 11 is 0. The van der Waals surface area contributed by atoms with Crippen LogP contribution in [-0.4, -0.2) is 49.2 Å². The van der Waals surface area contributed by atoms with E-state index in [0.29, 0.717) is 19.1 Å². The van der Waals surface area contributed by atoms with Gasteiger partial charge in [-0.25, -0.2) is 0 Å². The van der Waals surface area contributed by atoms with Gasteiger partial charge >= 0.3 is 0 Å². The van der Waals surface area contributed by atoms with Crippen LogP contribution < -0.4 is 5.32 Å². The molecule has 0 aromatic rings. The molecule has 0 radical (unpaired) electrons. The Bertz CT molecular complexity index is 309. The van der Waals surface area contributed by atoms with Crippen molar-refractivity contribution in [2.75, 3.05) is 32.8 Å². The third kappa shape index (κ3) is 2.41. The molecule has 0 unspecified atom stereocenters. The molecule has 2 aliphatic heterocycles. The molecular weight excluding hydrogens is 228 g/mol. The highest BCUT2D eigenvalue weighted by Gasteiger charge is 2.45. The van der Waals surface area contributed by atoms with Crippen LogP contribution in [0.15, 0.2) is 0 Å². The van der Waals surface area contributed by atoms with Gasteiger partial charge in [-0.05, 0) is 46.2 Å².